The van der Waals surface area contributed by atoms with Gasteiger partial charge in [0.05, 0.1) is 12.8 Å². The van der Waals surface area contributed by atoms with Crippen LogP contribution in [-0.2, 0) is 0 Å². The maximum Gasteiger partial charge on any atom is 0.143 e. The molecule has 1 aliphatic carbocycles. The monoisotopic (exact) mass is 246 g/mol. The number of nitrogens with zero attached hydrogens (tertiary/aromatic N) is 1. The van der Waals surface area contributed by atoms with Crippen molar-refractivity contribution in [3.05, 3.63) is 18.2 Å². The van der Waals surface area contributed by atoms with Crippen molar-refractivity contribution in [3.8, 4) is 5.75 Å². The van der Waals surface area contributed by atoms with E-state index in [1.54, 1.807) is 7.11 Å². The lowest BCUT2D eigenvalue weighted by molar-refractivity contribution is 0.139. The molecule has 0 bridgehead atoms. The van der Waals surface area contributed by atoms with Crippen molar-refractivity contribution in [2.24, 2.45) is 5.41 Å². The highest BCUT2D eigenvalue weighted by atomic mass is 16.5. The summed E-state index contributed by atoms with van der Waals surface area (Å²) in [5.41, 5.74) is 8.43. The van der Waals surface area contributed by atoms with Crippen molar-refractivity contribution in [1.29, 1.82) is 0 Å². The predicted octanol–water partition coefficient (Wildman–Crippen LogP) is 3.05. The largest absolute Gasteiger partial charge is 0.495 e. The molecule has 0 unspecified atom stereocenters. The van der Waals surface area contributed by atoms with Gasteiger partial charge in [0.15, 0.2) is 0 Å². The molecule has 0 amide bonds. The average Bonchev–Trinajstić information content (AvgIpc) is 2.37. The van der Waals surface area contributed by atoms with E-state index in [4.69, 9.17) is 10.5 Å². The molecule has 3 rings (SSSR count). The van der Waals surface area contributed by atoms with Gasteiger partial charge in [0.2, 0.25) is 0 Å². The number of hydrogen-bond donors (Lipinski definition) is 1. The van der Waals surface area contributed by atoms with Crippen molar-refractivity contribution in [3.63, 3.8) is 0 Å². The molecule has 2 N–H and O–H groups in total. The molecule has 1 aliphatic heterocycles. The molecule has 3 nitrogen and oxygen atoms in total. The van der Waals surface area contributed by atoms with Gasteiger partial charge in [0.1, 0.15) is 5.75 Å². The zero-order valence-electron chi connectivity index (χ0n) is 11.1. The van der Waals surface area contributed by atoms with Crippen molar-refractivity contribution in [2.75, 3.05) is 30.8 Å². The Balaban J connectivity index is 1.70. The van der Waals surface area contributed by atoms with E-state index in [0.29, 0.717) is 11.1 Å². The highest BCUT2D eigenvalue weighted by molar-refractivity contribution is 5.63. The fourth-order valence-electron chi connectivity index (χ4n) is 3.46. The van der Waals surface area contributed by atoms with Crippen LogP contribution < -0.4 is 15.4 Å². The van der Waals surface area contributed by atoms with Crippen LogP contribution >= 0.6 is 0 Å². The van der Waals surface area contributed by atoms with E-state index in [1.807, 2.05) is 6.07 Å². The number of benzene rings is 1. The summed E-state index contributed by atoms with van der Waals surface area (Å²) < 4.78 is 5.29. The van der Waals surface area contributed by atoms with Gasteiger partial charge in [-0.3, -0.25) is 0 Å². The third kappa shape index (κ3) is 1.92. The van der Waals surface area contributed by atoms with Crippen LogP contribution in [-0.4, -0.2) is 20.2 Å². The number of ether oxygens (including phenoxy) is 1. The van der Waals surface area contributed by atoms with Gasteiger partial charge >= 0.3 is 0 Å². The zero-order valence-corrected chi connectivity index (χ0v) is 11.1. The molecule has 0 radical (unpaired) electrons. The molecular weight excluding hydrogens is 224 g/mol. The Hall–Kier alpha value is -1.38. The van der Waals surface area contributed by atoms with Crippen LogP contribution in [0.4, 0.5) is 11.4 Å². The molecule has 1 aromatic carbocycles. The highest BCUT2D eigenvalue weighted by Crippen LogP contribution is 2.46. The first-order valence-electron chi connectivity index (χ1n) is 6.91. The fourth-order valence-corrected chi connectivity index (χ4v) is 3.46. The van der Waals surface area contributed by atoms with Crippen molar-refractivity contribution < 1.29 is 4.74 Å². The lowest BCUT2D eigenvalue weighted by atomic mass is 9.68. The number of methoxy groups -OCH3 is 1. The van der Waals surface area contributed by atoms with Crippen LogP contribution in [0.15, 0.2) is 18.2 Å². The number of hydrogen-bond acceptors (Lipinski definition) is 3. The van der Waals surface area contributed by atoms with Crippen LogP contribution in [0.3, 0.4) is 0 Å². The number of nitrogen functional groups attached to an aromatic ring is 1. The first-order chi connectivity index (χ1) is 8.72. The smallest absolute Gasteiger partial charge is 0.143 e. The van der Waals surface area contributed by atoms with Crippen LogP contribution in [0.5, 0.6) is 5.75 Å². The summed E-state index contributed by atoms with van der Waals surface area (Å²) in [6, 6.07) is 6.11. The third-order valence-corrected chi connectivity index (χ3v) is 4.55. The SMILES string of the molecule is COc1cc(N2CC3(CCCCC3)C2)ccc1N. The molecule has 3 heteroatoms. The highest BCUT2D eigenvalue weighted by Gasteiger charge is 2.43. The maximum atomic E-state index is 5.85. The molecular formula is C15H22N2O. The Morgan fingerprint density at radius 2 is 1.89 bits per heavy atom. The summed E-state index contributed by atoms with van der Waals surface area (Å²) >= 11 is 0. The van der Waals surface area contributed by atoms with Gasteiger partial charge in [-0.05, 0) is 25.0 Å². The molecule has 1 heterocycles. The summed E-state index contributed by atoms with van der Waals surface area (Å²) in [5, 5.41) is 0. The molecule has 1 spiro atoms. The fraction of sp³-hybridized carbons (Fsp3) is 0.600. The van der Waals surface area contributed by atoms with Gasteiger partial charge in [-0.15, -0.1) is 0 Å². The summed E-state index contributed by atoms with van der Waals surface area (Å²) in [5.74, 6) is 0.789. The van der Waals surface area contributed by atoms with Gasteiger partial charge < -0.3 is 15.4 Å². The van der Waals surface area contributed by atoms with Gasteiger partial charge in [0, 0.05) is 30.3 Å². The summed E-state index contributed by atoms with van der Waals surface area (Å²) in [4.78, 5) is 2.45. The molecule has 0 atom stereocenters. The summed E-state index contributed by atoms with van der Waals surface area (Å²) in [7, 11) is 1.67. The second kappa shape index (κ2) is 4.38. The molecule has 18 heavy (non-hydrogen) atoms. The molecule has 0 aromatic heterocycles. The van der Waals surface area contributed by atoms with Crippen molar-refractivity contribution in [2.45, 2.75) is 32.1 Å². The Labute approximate surface area is 109 Å². The molecule has 1 aromatic rings. The Morgan fingerprint density at radius 3 is 2.56 bits per heavy atom. The lowest BCUT2D eigenvalue weighted by Gasteiger charge is -2.53. The average molecular weight is 246 g/mol. The first-order valence-corrected chi connectivity index (χ1v) is 6.91. The molecule has 1 saturated heterocycles. The van der Waals surface area contributed by atoms with E-state index in [0.717, 1.165) is 5.75 Å². The van der Waals surface area contributed by atoms with Gasteiger partial charge in [-0.1, -0.05) is 19.3 Å². The van der Waals surface area contributed by atoms with Gasteiger partial charge in [0.25, 0.3) is 0 Å². The van der Waals surface area contributed by atoms with E-state index in [-0.39, 0.29) is 0 Å². The lowest BCUT2D eigenvalue weighted by Crippen LogP contribution is -2.57. The van der Waals surface area contributed by atoms with E-state index in [9.17, 15) is 0 Å². The summed E-state index contributed by atoms with van der Waals surface area (Å²) in [6.07, 6.45) is 7.08. The Morgan fingerprint density at radius 1 is 1.17 bits per heavy atom. The minimum Gasteiger partial charge on any atom is -0.495 e. The van der Waals surface area contributed by atoms with Crippen LogP contribution in [0, 0.1) is 5.41 Å². The van der Waals surface area contributed by atoms with E-state index >= 15 is 0 Å². The topological polar surface area (TPSA) is 38.5 Å². The quantitative estimate of drug-likeness (QED) is 0.815. The molecule has 1 saturated carbocycles. The van der Waals surface area contributed by atoms with E-state index in [2.05, 4.69) is 17.0 Å². The minimum absolute atomic E-state index is 0.618. The molecule has 2 fully saturated rings. The number of anilines is 2. The Kier molecular flexibility index (Phi) is 2.84. The van der Waals surface area contributed by atoms with Crippen LogP contribution in [0.25, 0.3) is 0 Å². The molecule has 98 valence electrons. The maximum absolute atomic E-state index is 5.85. The normalized spacial score (nSPS) is 21.7. The zero-order chi connectivity index (χ0) is 12.6. The first kappa shape index (κ1) is 11.7. The summed E-state index contributed by atoms with van der Waals surface area (Å²) in [6.45, 7) is 2.42. The van der Waals surface area contributed by atoms with Gasteiger partial charge in [-0.25, -0.2) is 0 Å². The van der Waals surface area contributed by atoms with Crippen molar-refractivity contribution >= 4 is 11.4 Å². The second-order valence-corrected chi connectivity index (χ2v) is 5.84. The second-order valence-electron chi connectivity index (χ2n) is 5.84. The number of nitrogens with two attached hydrogens (primary N) is 1. The molecule has 2 aliphatic rings. The number of rotatable bonds is 2. The minimum atomic E-state index is 0.618. The van der Waals surface area contributed by atoms with Crippen LogP contribution in [0.2, 0.25) is 0 Å². The standard InChI is InChI=1S/C15H22N2O/c1-18-14-9-12(5-6-13(14)16)17-10-15(11-17)7-3-2-4-8-15/h5-6,9H,2-4,7-8,10-11,16H2,1H3. The Bertz CT molecular complexity index is 430. The van der Waals surface area contributed by atoms with Crippen molar-refractivity contribution in [1.82, 2.24) is 0 Å². The third-order valence-electron chi connectivity index (χ3n) is 4.55. The van der Waals surface area contributed by atoms with Crippen LogP contribution in [0.1, 0.15) is 32.1 Å². The van der Waals surface area contributed by atoms with E-state index < -0.39 is 0 Å². The predicted molar refractivity (Wildman–Crippen MR) is 75.1 cm³/mol. The van der Waals surface area contributed by atoms with Gasteiger partial charge in [-0.2, -0.15) is 0 Å². The van der Waals surface area contributed by atoms with E-state index in [1.165, 1.54) is 50.9 Å².